The number of aliphatic hydroxyl groups is 1. The average molecular weight is 590 g/mol. The maximum atomic E-state index is 17.5. The molecule has 0 spiro atoms. The summed E-state index contributed by atoms with van der Waals surface area (Å²) in [6.45, 7) is 6.34. The van der Waals surface area contributed by atoms with Crippen LogP contribution in [0.4, 0.5) is 13.2 Å². The van der Waals surface area contributed by atoms with Crippen LogP contribution in [0.5, 0.6) is 0 Å². The van der Waals surface area contributed by atoms with Crippen molar-refractivity contribution in [3.05, 3.63) is 59.2 Å². The van der Waals surface area contributed by atoms with Crippen LogP contribution >= 0.6 is 11.8 Å². The van der Waals surface area contributed by atoms with Crippen LogP contribution in [0.2, 0.25) is 0 Å². The summed E-state index contributed by atoms with van der Waals surface area (Å²) < 4.78 is 46.9. The number of hydrogen-bond donors (Lipinski definition) is 1. The van der Waals surface area contributed by atoms with Crippen molar-refractivity contribution in [2.45, 2.75) is 83.0 Å². The highest BCUT2D eigenvalue weighted by Gasteiger charge is 2.79. The second-order valence-electron chi connectivity index (χ2n) is 13.0. The molecule has 1 N–H and O–H groups in total. The second kappa shape index (κ2) is 10.1. The van der Waals surface area contributed by atoms with Crippen molar-refractivity contribution in [1.82, 2.24) is 5.06 Å². The number of fused-ring (bicyclic) bond motifs is 7. The first-order valence-electron chi connectivity index (χ1n) is 14.7. The second-order valence-corrected chi connectivity index (χ2v) is 13.9. The van der Waals surface area contributed by atoms with Gasteiger partial charge in [0.05, 0.1) is 6.10 Å². The first-order valence-corrected chi connectivity index (χ1v) is 15.6. The van der Waals surface area contributed by atoms with Gasteiger partial charge in [0.1, 0.15) is 12.2 Å². The van der Waals surface area contributed by atoms with Gasteiger partial charge in [0.25, 0.3) is 0 Å². The number of nitrogens with zero attached hydrogens (tertiary/aromatic N) is 1. The molecule has 1 saturated heterocycles. The van der Waals surface area contributed by atoms with Gasteiger partial charge in [-0.05, 0) is 67.4 Å². The number of aryl methyl sites for hydroxylation is 1. The molecule has 4 fully saturated rings. The summed E-state index contributed by atoms with van der Waals surface area (Å²) in [5, 5.41) is 12.9. The fourth-order valence-corrected chi connectivity index (χ4v) is 9.97. The molecule has 1 aromatic carbocycles. The zero-order chi connectivity index (χ0) is 29.4. The van der Waals surface area contributed by atoms with Gasteiger partial charge in [-0.2, -0.15) is 5.06 Å². The smallest absolute Gasteiger partial charge is 0.226 e. The predicted molar refractivity (Wildman–Crippen MR) is 151 cm³/mol. The van der Waals surface area contributed by atoms with Gasteiger partial charge >= 0.3 is 0 Å². The average Bonchev–Trinajstić information content (AvgIpc) is 3.41. The Labute approximate surface area is 243 Å². The van der Waals surface area contributed by atoms with Crippen molar-refractivity contribution >= 4 is 22.7 Å². The predicted octanol–water partition coefficient (Wildman–Crippen LogP) is 5.86. The zero-order valence-corrected chi connectivity index (χ0v) is 24.6. The molecule has 4 aliphatic carbocycles. The number of hydrogen-bond acceptors (Lipinski definition) is 6. The summed E-state index contributed by atoms with van der Waals surface area (Å²) in [7, 11) is 0. The molecule has 222 valence electrons. The first-order chi connectivity index (χ1) is 19.4. The van der Waals surface area contributed by atoms with Gasteiger partial charge in [-0.3, -0.25) is 14.4 Å². The van der Waals surface area contributed by atoms with E-state index in [1.165, 1.54) is 23.8 Å². The van der Waals surface area contributed by atoms with Crippen LogP contribution in [0.25, 0.3) is 0 Å². The van der Waals surface area contributed by atoms with Crippen molar-refractivity contribution in [2.24, 2.45) is 28.6 Å². The number of alkyl halides is 3. The number of thioether (sulfide) groups is 1. The Balaban J connectivity index is 1.36. The van der Waals surface area contributed by atoms with E-state index < -0.39 is 63.1 Å². The Morgan fingerprint density at radius 1 is 1.17 bits per heavy atom. The molecule has 0 unspecified atom stereocenters. The highest BCUT2D eigenvalue weighted by molar-refractivity contribution is 8.13. The molecule has 1 heterocycles. The van der Waals surface area contributed by atoms with Crippen LogP contribution in [0.1, 0.15) is 57.6 Å². The molecule has 5 aliphatic rings. The summed E-state index contributed by atoms with van der Waals surface area (Å²) in [6.07, 6.45) is 2.87. The number of ketones is 1. The Bertz CT molecular complexity index is 1300. The molecule has 0 aromatic heterocycles. The zero-order valence-electron chi connectivity index (χ0n) is 23.7. The molecule has 6 rings (SSSR count). The number of aliphatic hydroxyl groups excluding tert-OH is 1. The third kappa shape index (κ3) is 3.94. The molecule has 1 aliphatic heterocycles. The normalized spacial score (nSPS) is 43.2. The summed E-state index contributed by atoms with van der Waals surface area (Å²) in [5.74, 6) is -2.17. The van der Waals surface area contributed by atoms with E-state index in [0.29, 0.717) is 31.3 Å². The Kier molecular flexibility index (Phi) is 7.16. The molecule has 3 saturated carbocycles. The number of carbonyl (C=O) groups is 2. The Hall–Kier alpha value is -1.94. The number of benzene rings is 1. The number of rotatable bonds is 6. The SMILES string of the molecule is CCCc1ccc(CN2C[C@@H]3C[C@H]4[C@@H]5C[C@H](F)C6=CC(=O)C=C[C@]6(C)[C@@]5(F)[C@@H](O)C[C@]4(C)[C@]3(C(=O)SCF)O2)cc1. The number of carbonyl (C=O) groups excluding carboxylic acids is 2. The van der Waals surface area contributed by atoms with Crippen molar-refractivity contribution in [3.63, 3.8) is 0 Å². The van der Waals surface area contributed by atoms with Crippen LogP contribution in [0, 0.1) is 28.6 Å². The summed E-state index contributed by atoms with van der Waals surface area (Å²) in [5.41, 5.74) is -3.94. The van der Waals surface area contributed by atoms with E-state index >= 15 is 8.78 Å². The highest BCUT2D eigenvalue weighted by atomic mass is 32.2. The van der Waals surface area contributed by atoms with Crippen LogP contribution in [-0.4, -0.2) is 57.2 Å². The van der Waals surface area contributed by atoms with Crippen molar-refractivity contribution in [2.75, 3.05) is 12.6 Å². The van der Waals surface area contributed by atoms with Gasteiger partial charge < -0.3 is 5.11 Å². The lowest BCUT2D eigenvalue weighted by molar-refractivity contribution is -0.266. The van der Waals surface area contributed by atoms with Crippen molar-refractivity contribution in [1.29, 1.82) is 0 Å². The van der Waals surface area contributed by atoms with Gasteiger partial charge in [-0.15, -0.1) is 0 Å². The molecule has 9 heteroatoms. The first kappa shape index (κ1) is 29.1. The molecule has 5 nitrogen and oxygen atoms in total. The van der Waals surface area contributed by atoms with E-state index in [-0.39, 0.29) is 24.3 Å². The monoisotopic (exact) mass is 589 g/mol. The lowest BCUT2D eigenvalue weighted by atomic mass is 9.44. The third-order valence-corrected chi connectivity index (χ3v) is 11.8. The summed E-state index contributed by atoms with van der Waals surface area (Å²) in [4.78, 5) is 32.5. The molecule has 0 amide bonds. The van der Waals surface area contributed by atoms with Gasteiger partial charge in [-0.25, -0.2) is 13.2 Å². The molecular formula is C32H38F3NO4S. The van der Waals surface area contributed by atoms with Gasteiger partial charge in [-0.1, -0.05) is 62.4 Å². The number of halogens is 3. The maximum absolute atomic E-state index is 17.5. The molecule has 0 bridgehead atoms. The lowest BCUT2D eigenvalue weighted by Gasteiger charge is -2.63. The minimum absolute atomic E-state index is 0.0655. The van der Waals surface area contributed by atoms with Crippen LogP contribution in [0.15, 0.2) is 48.1 Å². The molecular weight excluding hydrogens is 551 g/mol. The molecule has 9 atom stereocenters. The Morgan fingerprint density at radius 2 is 1.88 bits per heavy atom. The quantitative estimate of drug-likeness (QED) is 0.449. The van der Waals surface area contributed by atoms with Crippen LogP contribution in [0.3, 0.4) is 0 Å². The number of hydroxylamine groups is 2. The van der Waals surface area contributed by atoms with E-state index in [4.69, 9.17) is 4.84 Å². The third-order valence-electron chi connectivity index (χ3n) is 11.1. The maximum Gasteiger partial charge on any atom is 0.226 e. The lowest BCUT2D eigenvalue weighted by Crippen LogP contribution is -2.70. The fourth-order valence-electron chi connectivity index (χ4n) is 9.22. The minimum atomic E-state index is -2.24. The van der Waals surface area contributed by atoms with Crippen LogP contribution < -0.4 is 0 Å². The van der Waals surface area contributed by atoms with E-state index in [1.54, 1.807) is 12.0 Å². The van der Waals surface area contributed by atoms with Crippen molar-refractivity contribution < 1.29 is 32.7 Å². The van der Waals surface area contributed by atoms with E-state index in [0.717, 1.165) is 18.4 Å². The molecule has 1 aromatic rings. The summed E-state index contributed by atoms with van der Waals surface area (Å²) >= 11 is 0.549. The standard InChI is InChI=1S/C32H38F3NO4S/c1-4-5-19-6-8-20(9-7-19)16-36-17-21-12-23-24-14-26(34)25-13-22(37)10-11-29(25,2)31(24,35)27(38)15-30(23,3)32(21,40-36)28(39)41-18-33/h6-11,13,21,23-24,26-27,38H,4-5,12,14-18H2,1-3H3/t21-,23-,24-,26-,27-,29-,30-,31-,32-/m0/s1. The fraction of sp³-hybridized carbons (Fsp3) is 0.625. The molecule has 0 radical (unpaired) electrons. The summed E-state index contributed by atoms with van der Waals surface area (Å²) in [6, 6.07) is 7.32. The molecule has 41 heavy (non-hydrogen) atoms. The van der Waals surface area contributed by atoms with Crippen LogP contribution in [-0.2, 0) is 27.4 Å². The van der Waals surface area contributed by atoms with Gasteiger partial charge in [0, 0.05) is 35.8 Å². The minimum Gasteiger partial charge on any atom is -0.390 e. The van der Waals surface area contributed by atoms with Gasteiger partial charge in [0.2, 0.25) is 5.12 Å². The van der Waals surface area contributed by atoms with Gasteiger partial charge in [0.15, 0.2) is 17.1 Å². The van der Waals surface area contributed by atoms with E-state index in [2.05, 4.69) is 19.1 Å². The largest absolute Gasteiger partial charge is 0.390 e. The van der Waals surface area contributed by atoms with E-state index in [1.807, 2.05) is 19.1 Å². The van der Waals surface area contributed by atoms with Crippen molar-refractivity contribution in [3.8, 4) is 0 Å². The Morgan fingerprint density at radius 3 is 2.56 bits per heavy atom. The highest BCUT2D eigenvalue weighted by Crippen LogP contribution is 2.73. The number of allylic oxidation sites excluding steroid dienone is 4. The topological polar surface area (TPSA) is 66.8 Å². The van der Waals surface area contributed by atoms with E-state index in [9.17, 15) is 19.1 Å².